The van der Waals surface area contributed by atoms with Crippen LogP contribution in [0.5, 0.6) is 0 Å². The van der Waals surface area contributed by atoms with E-state index in [0.29, 0.717) is 0 Å². The van der Waals surface area contributed by atoms with Crippen molar-refractivity contribution in [2.75, 3.05) is 0 Å². The first-order chi connectivity index (χ1) is 5.97. The molecule has 2 aliphatic carbocycles. The molecule has 5 unspecified atom stereocenters. The van der Waals surface area contributed by atoms with E-state index in [-0.39, 0.29) is 0 Å². The van der Waals surface area contributed by atoms with Crippen LogP contribution in [0, 0.1) is 35.0 Å². The molecular formula is C13H24. The number of hydrogen-bond acceptors (Lipinski definition) is 0. The standard InChI is InChI=1S/C13H24/c1-8(2)11-6-9(3)13(5)7-12(13)10(11)4/h8-12H,6-7H2,1-5H3. The fraction of sp³-hybridized carbons (Fsp3) is 1.00. The fourth-order valence-corrected chi connectivity index (χ4v) is 3.84. The third kappa shape index (κ3) is 1.25. The molecule has 0 aromatic rings. The quantitative estimate of drug-likeness (QED) is 0.573. The maximum atomic E-state index is 2.51. The van der Waals surface area contributed by atoms with Gasteiger partial charge in [-0.3, -0.25) is 0 Å². The molecule has 2 aliphatic rings. The zero-order chi connectivity index (χ0) is 9.80. The van der Waals surface area contributed by atoms with Crippen LogP contribution < -0.4 is 0 Å². The van der Waals surface area contributed by atoms with Crippen LogP contribution in [-0.4, -0.2) is 0 Å². The molecule has 0 heterocycles. The van der Waals surface area contributed by atoms with Gasteiger partial charge in [-0.05, 0) is 47.8 Å². The molecule has 0 nitrogen and oxygen atoms in total. The van der Waals surface area contributed by atoms with E-state index in [1.54, 1.807) is 0 Å². The van der Waals surface area contributed by atoms with Gasteiger partial charge in [0.05, 0.1) is 0 Å². The van der Waals surface area contributed by atoms with Gasteiger partial charge in [-0.15, -0.1) is 0 Å². The summed E-state index contributed by atoms with van der Waals surface area (Å²) in [6, 6.07) is 0. The normalized spacial score (nSPS) is 54.9. The predicted molar refractivity (Wildman–Crippen MR) is 57.5 cm³/mol. The lowest BCUT2D eigenvalue weighted by molar-refractivity contribution is 0.102. The summed E-state index contributed by atoms with van der Waals surface area (Å²) in [5, 5.41) is 0. The van der Waals surface area contributed by atoms with Gasteiger partial charge in [-0.25, -0.2) is 0 Å². The van der Waals surface area contributed by atoms with Crippen LogP contribution in [0.3, 0.4) is 0 Å². The molecule has 2 saturated carbocycles. The summed E-state index contributed by atoms with van der Waals surface area (Å²) < 4.78 is 0. The second-order valence-corrected chi connectivity index (χ2v) is 6.22. The van der Waals surface area contributed by atoms with Crippen molar-refractivity contribution in [3.63, 3.8) is 0 Å². The topological polar surface area (TPSA) is 0 Å². The van der Waals surface area contributed by atoms with E-state index >= 15 is 0 Å². The average molecular weight is 180 g/mol. The van der Waals surface area contributed by atoms with Gasteiger partial charge in [0.15, 0.2) is 0 Å². The summed E-state index contributed by atoms with van der Waals surface area (Å²) in [4.78, 5) is 0. The number of hydrogen-bond donors (Lipinski definition) is 0. The Bertz CT molecular complexity index is 206. The minimum atomic E-state index is 0.741. The van der Waals surface area contributed by atoms with Crippen molar-refractivity contribution < 1.29 is 0 Å². The molecule has 0 bridgehead atoms. The highest BCUT2D eigenvalue weighted by Gasteiger charge is 2.60. The molecule has 76 valence electrons. The highest BCUT2D eigenvalue weighted by molar-refractivity contribution is 5.09. The molecule has 0 radical (unpaired) electrons. The van der Waals surface area contributed by atoms with Crippen molar-refractivity contribution >= 4 is 0 Å². The zero-order valence-electron chi connectivity index (χ0n) is 9.80. The van der Waals surface area contributed by atoms with Gasteiger partial charge < -0.3 is 0 Å². The molecular weight excluding hydrogens is 156 g/mol. The van der Waals surface area contributed by atoms with E-state index in [9.17, 15) is 0 Å². The summed E-state index contributed by atoms with van der Waals surface area (Å²) in [7, 11) is 0. The van der Waals surface area contributed by atoms with Crippen molar-refractivity contribution in [1.29, 1.82) is 0 Å². The first kappa shape index (κ1) is 9.55. The summed E-state index contributed by atoms with van der Waals surface area (Å²) in [6.07, 6.45) is 2.99. The van der Waals surface area contributed by atoms with Crippen LogP contribution in [-0.2, 0) is 0 Å². The van der Waals surface area contributed by atoms with Crippen LogP contribution >= 0.6 is 0 Å². The summed E-state index contributed by atoms with van der Waals surface area (Å²) >= 11 is 0. The Kier molecular flexibility index (Phi) is 2.02. The third-order valence-corrected chi connectivity index (χ3v) is 5.26. The van der Waals surface area contributed by atoms with Crippen molar-refractivity contribution in [1.82, 2.24) is 0 Å². The Morgan fingerprint density at radius 1 is 1.23 bits per heavy atom. The Hall–Kier alpha value is 0. The molecule has 0 aromatic carbocycles. The SMILES string of the molecule is CC(C)C1CC(C)C2(C)CC2C1C. The van der Waals surface area contributed by atoms with Crippen LogP contribution in [0.4, 0.5) is 0 Å². The lowest BCUT2D eigenvalue weighted by Gasteiger charge is -2.39. The maximum absolute atomic E-state index is 2.51. The first-order valence-corrected chi connectivity index (χ1v) is 5.97. The van der Waals surface area contributed by atoms with Crippen LogP contribution in [0.1, 0.15) is 47.5 Å². The van der Waals surface area contributed by atoms with Crippen molar-refractivity contribution in [2.45, 2.75) is 47.5 Å². The molecule has 5 atom stereocenters. The second-order valence-electron chi connectivity index (χ2n) is 6.22. The van der Waals surface area contributed by atoms with Crippen molar-refractivity contribution in [3.8, 4) is 0 Å². The van der Waals surface area contributed by atoms with Gasteiger partial charge in [0.1, 0.15) is 0 Å². The smallest absolute Gasteiger partial charge is 0.0266 e. The van der Waals surface area contributed by atoms with E-state index in [1.165, 1.54) is 12.8 Å². The second kappa shape index (κ2) is 2.74. The van der Waals surface area contributed by atoms with E-state index in [0.717, 1.165) is 35.0 Å². The molecule has 0 aromatic heterocycles. The lowest BCUT2D eigenvalue weighted by atomic mass is 9.66. The Balaban J connectivity index is 2.12. The van der Waals surface area contributed by atoms with E-state index in [1.807, 2.05) is 0 Å². The minimum absolute atomic E-state index is 0.741. The highest BCUT2D eigenvalue weighted by Crippen LogP contribution is 2.67. The molecule has 2 fully saturated rings. The summed E-state index contributed by atoms with van der Waals surface area (Å²) in [6.45, 7) is 12.3. The molecule has 0 aliphatic heterocycles. The van der Waals surface area contributed by atoms with E-state index < -0.39 is 0 Å². The van der Waals surface area contributed by atoms with Crippen molar-refractivity contribution in [3.05, 3.63) is 0 Å². The van der Waals surface area contributed by atoms with Gasteiger partial charge in [-0.1, -0.05) is 34.6 Å². The molecule has 0 amide bonds. The molecule has 0 heteroatoms. The van der Waals surface area contributed by atoms with E-state index in [2.05, 4.69) is 34.6 Å². The first-order valence-electron chi connectivity index (χ1n) is 5.97. The lowest BCUT2D eigenvalue weighted by Crippen LogP contribution is -2.32. The van der Waals surface area contributed by atoms with Gasteiger partial charge in [0.2, 0.25) is 0 Å². The van der Waals surface area contributed by atoms with Crippen LogP contribution in [0.15, 0.2) is 0 Å². The molecule has 0 spiro atoms. The Labute approximate surface area is 83.1 Å². The van der Waals surface area contributed by atoms with Crippen LogP contribution in [0.2, 0.25) is 0 Å². The largest absolute Gasteiger partial charge is 0.0625 e. The monoisotopic (exact) mass is 180 g/mol. The van der Waals surface area contributed by atoms with E-state index in [4.69, 9.17) is 0 Å². The molecule has 2 rings (SSSR count). The fourth-order valence-electron chi connectivity index (χ4n) is 3.84. The third-order valence-electron chi connectivity index (χ3n) is 5.26. The summed E-state index contributed by atoms with van der Waals surface area (Å²) in [5.74, 6) is 4.91. The van der Waals surface area contributed by atoms with Gasteiger partial charge >= 0.3 is 0 Å². The van der Waals surface area contributed by atoms with Crippen LogP contribution in [0.25, 0.3) is 0 Å². The Morgan fingerprint density at radius 2 is 1.85 bits per heavy atom. The zero-order valence-corrected chi connectivity index (χ0v) is 9.80. The number of rotatable bonds is 1. The summed E-state index contributed by atoms with van der Waals surface area (Å²) in [5.41, 5.74) is 0.741. The molecule has 13 heavy (non-hydrogen) atoms. The maximum Gasteiger partial charge on any atom is -0.0266 e. The molecule has 0 N–H and O–H groups in total. The minimum Gasteiger partial charge on any atom is -0.0625 e. The average Bonchev–Trinajstić information content (AvgIpc) is 2.72. The molecule has 0 saturated heterocycles. The van der Waals surface area contributed by atoms with Gasteiger partial charge in [0.25, 0.3) is 0 Å². The van der Waals surface area contributed by atoms with Gasteiger partial charge in [0, 0.05) is 0 Å². The number of fused-ring (bicyclic) bond motifs is 1. The highest BCUT2D eigenvalue weighted by atomic mass is 14.6. The Morgan fingerprint density at radius 3 is 2.38 bits per heavy atom. The van der Waals surface area contributed by atoms with Crippen molar-refractivity contribution in [2.24, 2.45) is 35.0 Å². The van der Waals surface area contributed by atoms with Gasteiger partial charge in [-0.2, -0.15) is 0 Å². The predicted octanol–water partition coefficient (Wildman–Crippen LogP) is 3.96.